The normalized spacial score (nSPS) is 36.6. The van der Waals surface area contributed by atoms with Gasteiger partial charge in [-0.1, -0.05) is 73.1 Å². The van der Waals surface area contributed by atoms with Crippen LogP contribution in [0.15, 0.2) is 0 Å². The largest absolute Gasteiger partial charge is 0.411 e. The molecular formula is C24H48O3Si. The van der Waals surface area contributed by atoms with E-state index in [4.69, 9.17) is 4.43 Å². The molecule has 0 aromatic carbocycles. The Hall–Kier alpha value is 0.0969. The molecule has 0 spiro atoms. The van der Waals surface area contributed by atoms with Crippen molar-refractivity contribution in [1.29, 1.82) is 0 Å². The van der Waals surface area contributed by atoms with Gasteiger partial charge in [-0.2, -0.15) is 0 Å². The molecule has 2 bridgehead atoms. The van der Waals surface area contributed by atoms with Crippen molar-refractivity contribution in [3.63, 3.8) is 0 Å². The van der Waals surface area contributed by atoms with Crippen molar-refractivity contribution in [3.8, 4) is 0 Å². The van der Waals surface area contributed by atoms with Gasteiger partial charge in [-0.3, -0.25) is 0 Å². The van der Waals surface area contributed by atoms with E-state index in [1.54, 1.807) is 0 Å². The van der Waals surface area contributed by atoms with Crippen LogP contribution in [0.2, 0.25) is 18.1 Å². The van der Waals surface area contributed by atoms with E-state index in [-0.39, 0.29) is 23.2 Å². The van der Waals surface area contributed by atoms with Crippen molar-refractivity contribution in [2.75, 3.05) is 0 Å². The summed E-state index contributed by atoms with van der Waals surface area (Å²) in [5.41, 5.74) is 0. The lowest BCUT2D eigenvalue weighted by Crippen LogP contribution is -2.48. The molecule has 2 aliphatic carbocycles. The molecule has 6 atom stereocenters. The summed E-state index contributed by atoms with van der Waals surface area (Å²) in [5, 5.41) is 22.3. The summed E-state index contributed by atoms with van der Waals surface area (Å²) in [6.45, 7) is 16.1. The molecule has 0 aromatic rings. The number of fused-ring (bicyclic) bond motifs is 2. The number of rotatable bonds is 3. The fraction of sp³-hybridized carbons (Fsp3) is 1.00. The van der Waals surface area contributed by atoms with Crippen LogP contribution in [-0.2, 0) is 4.43 Å². The van der Waals surface area contributed by atoms with Gasteiger partial charge in [-0.15, -0.1) is 0 Å². The molecule has 28 heavy (non-hydrogen) atoms. The third-order valence-corrected chi connectivity index (χ3v) is 12.5. The number of hydrogen-bond acceptors (Lipinski definition) is 3. The smallest absolute Gasteiger partial charge is 0.192 e. The van der Waals surface area contributed by atoms with E-state index >= 15 is 0 Å². The SMILES string of the molecule is CC(C)[C@@H]1[C@H]2C[C@H](O)CCCCCCCC[C@H]1[C@@H](O[Si](C)(C)C(C)(C)C)[C@@H]2O. The van der Waals surface area contributed by atoms with E-state index < -0.39 is 14.4 Å². The highest BCUT2D eigenvalue weighted by Crippen LogP contribution is 2.50. The summed E-state index contributed by atoms with van der Waals surface area (Å²) in [5.74, 6) is 1.53. The van der Waals surface area contributed by atoms with Crippen molar-refractivity contribution in [1.82, 2.24) is 0 Å². The third kappa shape index (κ3) is 5.83. The summed E-state index contributed by atoms with van der Waals surface area (Å²) in [6, 6.07) is 0. The van der Waals surface area contributed by atoms with Crippen LogP contribution in [0.3, 0.4) is 0 Å². The van der Waals surface area contributed by atoms with Crippen LogP contribution < -0.4 is 0 Å². The summed E-state index contributed by atoms with van der Waals surface area (Å²) >= 11 is 0. The highest BCUT2D eigenvalue weighted by molar-refractivity contribution is 6.74. The van der Waals surface area contributed by atoms with E-state index in [0.29, 0.717) is 17.8 Å². The molecule has 2 N–H and O–H groups in total. The van der Waals surface area contributed by atoms with Gasteiger partial charge in [0.05, 0.1) is 18.3 Å². The average molecular weight is 413 g/mol. The van der Waals surface area contributed by atoms with Gasteiger partial charge in [0.15, 0.2) is 8.32 Å². The van der Waals surface area contributed by atoms with Crippen LogP contribution in [0, 0.1) is 23.7 Å². The van der Waals surface area contributed by atoms with Gasteiger partial charge in [0.25, 0.3) is 0 Å². The van der Waals surface area contributed by atoms with Gasteiger partial charge >= 0.3 is 0 Å². The molecule has 2 aliphatic rings. The zero-order valence-electron chi connectivity index (χ0n) is 19.7. The molecule has 0 unspecified atom stereocenters. The van der Waals surface area contributed by atoms with E-state index in [0.717, 1.165) is 25.7 Å². The van der Waals surface area contributed by atoms with Gasteiger partial charge < -0.3 is 14.6 Å². The first-order valence-electron chi connectivity index (χ1n) is 12.0. The van der Waals surface area contributed by atoms with Crippen LogP contribution in [0.25, 0.3) is 0 Å². The Morgan fingerprint density at radius 2 is 1.39 bits per heavy atom. The maximum atomic E-state index is 11.4. The maximum Gasteiger partial charge on any atom is 0.192 e. The molecule has 0 amide bonds. The molecule has 0 aliphatic heterocycles. The zero-order chi connectivity index (χ0) is 21.1. The molecule has 0 aromatic heterocycles. The Morgan fingerprint density at radius 3 is 1.93 bits per heavy atom. The van der Waals surface area contributed by atoms with Crippen LogP contribution in [0.4, 0.5) is 0 Å². The summed E-state index contributed by atoms with van der Waals surface area (Å²) in [6.07, 6.45) is 9.46. The Morgan fingerprint density at radius 1 is 0.857 bits per heavy atom. The first kappa shape index (κ1) is 24.4. The standard InChI is InChI=1S/C24H48O3Si/c1-17(2)21-19-15-13-11-9-8-10-12-14-18(25)16-20(21)22(26)23(19)27-28(6,7)24(3,4)5/h17-23,25-26H,8-16H2,1-7H3/t18-,19-,20-,21+,22-,23-/m1/s1. The van der Waals surface area contributed by atoms with Crippen molar-refractivity contribution in [3.05, 3.63) is 0 Å². The topological polar surface area (TPSA) is 49.7 Å². The lowest BCUT2D eigenvalue weighted by atomic mass is 9.76. The fourth-order valence-electron chi connectivity index (χ4n) is 5.48. The third-order valence-electron chi connectivity index (χ3n) is 8.06. The molecule has 3 nitrogen and oxygen atoms in total. The van der Waals surface area contributed by atoms with Crippen molar-refractivity contribution in [2.24, 2.45) is 23.7 Å². The van der Waals surface area contributed by atoms with Crippen LogP contribution >= 0.6 is 0 Å². The first-order chi connectivity index (χ1) is 13.0. The number of aliphatic hydroxyl groups is 2. The molecule has 2 saturated carbocycles. The van der Waals surface area contributed by atoms with E-state index in [1.807, 2.05) is 0 Å². The summed E-state index contributed by atoms with van der Waals surface area (Å²) < 4.78 is 6.89. The summed E-state index contributed by atoms with van der Waals surface area (Å²) in [4.78, 5) is 0. The molecule has 0 saturated heterocycles. The van der Waals surface area contributed by atoms with Crippen molar-refractivity contribution < 1.29 is 14.6 Å². The predicted molar refractivity (Wildman–Crippen MR) is 121 cm³/mol. The molecular weight excluding hydrogens is 364 g/mol. The Labute approximate surface area is 175 Å². The number of hydrogen-bond donors (Lipinski definition) is 2. The molecule has 2 fully saturated rings. The minimum absolute atomic E-state index is 0.0616. The van der Waals surface area contributed by atoms with Gasteiger partial charge in [0.2, 0.25) is 0 Å². The highest BCUT2D eigenvalue weighted by atomic mass is 28.4. The minimum Gasteiger partial charge on any atom is -0.411 e. The lowest BCUT2D eigenvalue weighted by Gasteiger charge is -2.41. The quantitative estimate of drug-likeness (QED) is 0.547. The molecule has 4 heteroatoms. The molecule has 0 heterocycles. The van der Waals surface area contributed by atoms with Crippen LogP contribution in [0.5, 0.6) is 0 Å². The van der Waals surface area contributed by atoms with E-state index in [1.165, 1.54) is 32.1 Å². The second kappa shape index (κ2) is 9.94. The van der Waals surface area contributed by atoms with Crippen LogP contribution in [-0.4, -0.2) is 36.8 Å². The van der Waals surface area contributed by atoms with E-state index in [2.05, 4.69) is 47.7 Å². The second-order valence-electron chi connectivity index (χ2n) is 11.6. The van der Waals surface area contributed by atoms with Gasteiger partial charge in [-0.25, -0.2) is 0 Å². The zero-order valence-corrected chi connectivity index (χ0v) is 20.7. The van der Waals surface area contributed by atoms with Crippen LogP contribution in [0.1, 0.15) is 92.4 Å². The van der Waals surface area contributed by atoms with Gasteiger partial charge in [-0.05, 0) is 61.1 Å². The molecule has 0 radical (unpaired) electrons. The second-order valence-corrected chi connectivity index (χ2v) is 16.3. The molecule has 166 valence electrons. The minimum atomic E-state index is -1.96. The Bertz CT molecular complexity index is 471. The Balaban J connectivity index is 2.31. The highest BCUT2D eigenvalue weighted by Gasteiger charge is 2.53. The van der Waals surface area contributed by atoms with Gasteiger partial charge in [0.1, 0.15) is 0 Å². The average Bonchev–Trinajstić information content (AvgIpc) is 2.81. The Kier molecular flexibility index (Phi) is 8.65. The van der Waals surface area contributed by atoms with Crippen molar-refractivity contribution >= 4 is 8.32 Å². The lowest BCUT2D eigenvalue weighted by molar-refractivity contribution is -0.00168. The first-order valence-corrected chi connectivity index (χ1v) is 14.9. The predicted octanol–water partition coefficient (Wildman–Crippen LogP) is 6.14. The summed E-state index contributed by atoms with van der Waals surface area (Å²) in [7, 11) is -1.96. The van der Waals surface area contributed by atoms with E-state index in [9.17, 15) is 10.2 Å². The monoisotopic (exact) mass is 412 g/mol. The molecule has 2 rings (SSSR count). The van der Waals surface area contributed by atoms with Crippen molar-refractivity contribution in [2.45, 2.75) is 129 Å². The number of aliphatic hydroxyl groups excluding tert-OH is 2. The van der Waals surface area contributed by atoms with Gasteiger partial charge in [0, 0.05) is 0 Å². The fourth-order valence-corrected chi connectivity index (χ4v) is 6.82. The maximum absolute atomic E-state index is 11.4.